The van der Waals surface area contributed by atoms with Crippen LogP contribution < -0.4 is 0 Å². The van der Waals surface area contributed by atoms with Gasteiger partial charge in [0.2, 0.25) is 0 Å². The second-order valence-electron chi connectivity index (χ2n) is 2.80. The Morgan fingerprint density at radius 3 is 3.14 bits per heavy atom. The fraction of sp³-hybridized carbons (Fsp3) is 0.273. The molecular weight excluding hydrogens is 178 g/mol. The molecule has 0 aromatic carbocycles. The van der Waals surface area contributed by atoms with Crippen molar-refractivity contribution in [2.45, 2.75) is 12.8 Å². The lowest BCUT2D eigenvalue weighted by molar-refractivity contribution is -0.140. The molecule has 0 fully saturated rings. The van der Waals surface area contributed by atoms with Crippen molar-refractivity contribution < 1.29 is 9.53 Å². The molecule has 0 amide bonds. The van der Waals surface area contributed by atoms with E-state index in [-0.39, 0.29) is 5.97 Å². The quantitative estimate of drug-likeness (QED) is 0.684. The average molecular weight is 191 g/mol. The number of rotatable bonds is 4. The highest BCUT2D eigenvalue weighted by Gasteiger charge is 1.95. The van der Waals surface area contributed by atoms with Gasteiger partial charge in [-0.2, -0.15) is 0 Å². The molecule has 1 heterocycles. The molecule has 14 heavy (non-hydrogen) atoms. The van der Waals surface area contributed by atoms with E-state index in [1.54, 1.807) is 12.4 Å². The van der Waals surface area contributed by atoms with Gasteiger partial charge in [-0.05, 0) is 18.1 Å². The van der Waals surface area contributed by atoms with E-state index in [1.165, 1.54) is 7.11 Å². The third kappa shape index (κ3) is 3.85. The topological polar surface area (TPSA) is 39.2 Å². The summed E-state index contributed by atoms with van der Waals surface area (Å²) in [6.45, 7) is 0. The SMILES string of the molecule is COC(=O)CCC=Cc1cccnc1. The lowest BCUT2D eigenvalue weighted by Crippen LogP contribution is -1.97. The molecule has 0 radical (unpaired) electrons. The van der Waals surface area contributed by atoms with Gasteiger partial charge in [0.15, 0.2) is 0 Å². The van der Waals surface area contributed by atoms with E-state index in [2.05, 4.69) is 9.72 Å². The van der Waals surface area contributed by atoms with E-state index in [0.717, 1.165) is 5.56 Å². The van der Waals surface area contributed by atoms with Crippen LogP contribution in [0, 0.1) is 0 Å². The maximum atomic E-state index is 10.8. The van der Waals surface area contributed by atoms with Crippen LogP contribution in [0.4, 0.5) is 0 Å². The zero-order chi connectivity index (χ0) is 10.2. The first-order valence-corrected chi connectivity index (χ1v) is 4.46. The van der Waals surface area contributed by atoms with Crippen LogP contribution in [0.1, 0.15) is 18.4 Å². The van der Waals surface area contributed by atoms with Crippen molar-refractivity contribution >= 4 is 12.0 Å². The molecule has 0 saturated heterocycles. The highest BCUT2D eigenvalue weighted by molar-refractivity contribution is 5.69. The van der Waals surface area contributed by atoms with Gasteiger partial charge >= 0.3 is 5.97 Å². The summed E-state index contributed by atoms with van der Waals surface area (Å²) in [5, 5.41) is 0. The summed E-state index contributed by atoms with van der Waals surface area (Å²) in [4.78, 5) is 14.7. The minimum atomic E-state index is -0.180. The minimum absolute atomic E-state index is 0.180. The number of hydrogen-bond acceptors (Lipinski definition) is 3. The van der Waals surface area contributed by atoms with Gasteiger partial charge in [-0.1, -0.05) is 18.2 Å². The predicted octanol–water partition coefficient (Wildman–Crippen LogP) is 2.05. The molecular formula is C11H13NO2. The van der Waals surface area contributed by atoms with Crippen molar-refractivity contribution in [3.8, 4) is 0 Å². The summed E-state index contributed by atoms with van der Waals surface area (Å²) in [7, 11) is 1.40. The van der Waals surface area contributed by atoms with Crippen molar-refractivity contribution in [1.82, 2.24) is 4.98 Å². The van der Waals surface area contributed by atoms with Crippen LogP contribution in [0.5, 0.6) is 0 Å². The number of ether oxygens (including phenoxy) is 1. The zero-order valence-corrected chi connectivity index (χ0v) is 8.14. The molecule has 0 aliphatic heterocycles. The summed E-state index contributed by atoms with van der Waals surface area (Å²) in [6.07, 6.45) is 8.50. The number of methoxy groups -OCH3 is 1. The van der Waals surface area contributed by atoms with Crippen LogP contribution in [0.3, 0.4) is 0 Å². The van der Waals surface area contributed by atoms with E-state index >= 15 is 0 Å². The van der Waals surface area contributed by atoms with E-state index in [9.17, 15) is 4.79 Å². The van der Waals surface area contributed by atoms with Crippen LogP contribution in [0.15, 0.2) is 30.6 Å². The second-order valence-corrected chi connectivity index (χ2v) is 2.80. The van der Waals surface area contributed by atoms with Gasteiger partial charge in [-0.3, -0.25) is 9.78 Å². The van der Waals surface area contributed by atoms with E-state index in [4.69, 9.17) is 0 Å². The number of carbonyl (C=O) groups is 1. The smallest absolute Gasteiger partial charge is 0.305 e. The summed E-state index contributed by atoms with van der Waals surface area (Å²) in [5.74, 6) is -0.180. The van der Waals surface area contributed by atoms with Crippen molar-refractivity contribution in [1.29, 1.82) is 0 Å². The molecule has 0 saturated carbocycles. The Morgan fingerprint density at radius 2 is 2.50 bits per heavy atom. The molecule has 1 aromatic heterocycles. The van der Waals surface area contributed by atoms with Crippen molar-refractivity contribution in [3.05, 3.63) is 36.2 Å². The van der Waals surface area contributed by atoms with Crippen molar-refractivity contribution in [2.24, 2.45) is 0 Å². The van der Waals surface area contributed by atoms with Crippen LogP contribution in [0.25, 0.3) is 6.08 Å². The number of nitrogens with zero attached hydrogens (tertiary/aromatic N) is 1. The monoisotopic (exact) mass is 191 g/mol. The molecule has 1 aromatic rings. The van der Waals surface area contributed by atoms with Gasteiger partial charge in [0, 0.05) is 18.8 Å². The lowest BCUT2D eigenvalue weighted by atomic mass is 10.2. The lowest BCUT2D eigenvalue weighted by Gasteiger charge is -1.94. The molecule has 3 heteroatoms. The number of pyridine rings is 1. The molecule has 0 bridgehead atoms. The van der Waals surface area contributed by atoms with Gasteiger partial charge in [0.05, 0.1) is 7.11 Å². The number of carbonyl (C=O) groups excluding carboxylic acids is 1. The number of allylic oxidation sites excluding steroid dienone is 1. The van der Waals surface area contributed by atoms with E-state index in [0.29, 0.717) is 12.8 Å². The number of hydrogen-bond donors (Lipinski definition) is 0. The van der Waals surface area contributed by atoms with Gasteiger partial charge < -0.3 is 4.74 Å². The van der Waals surface area contributed by atoms with Gasteiger partial charge in [0.1, 0.15) is 0 Å². The summed E-state index contributed by atoms with van der Waals surface area (Å²) in [6, 6.07) is 3.83. The van der Waals surface area contributed by atoms with Gasteiger partial charge in [-0.25, -0.2) is 0 Å². The van der Waals surface area contributed by atoms with Crippen LogP contribution in [0.2, 0.25) is 0 Å². The molecule has 0 N–H and O–H groups in total. The Balaban J connectivity index is 2.31. The van der Waals surface area contributed by atoms with Crippen molar-refractivity contribution in [3.63, 3.8) is 0 Å². The summed E-state index contributed by atoms with van der Waals surface area (Å²) < 4.78 is 4.52. The predicted molar refractivity (Wildman–Crippen MR) is 54.5 cm³/mol. The first-order valence-electron chi connectivity index (χ1n) is 4.46. The third-order valence-electron chi connectivity index (χ3n) is 1.74. The van der Waals surface area contributed by atoms with Crippen LogP contribution in [-0.2, 0) is 9.53 Å². The molecule has 0 aliphatic carbocycles. The maximum absolute atomic E-state index is 10.8. The molecule has 3 nitrogen and oxygen atoms in total. The molecule has 0 aliphatic rings. The second kappa shape index (κ2) is 5.91. The van der Waals surface area contributed by atoms with Gasteiger partial charge in [0.25, 0.3) is 0 Å². The highest BCUT2D eigenvalue weighted by Crippen LogP contribution is 2.01. The molecule has 74 valence electrons. The number of aromatic nitrogens is 1. The molecule has 1 rings (SSSR count). The Hall–Kier alpha value is -1.64. The Kier molecular flexibility index (Phi) is 4.41. The van der Waals surface area contributed by atoms with E-state index in [1.807, 2.05) is 24.3 Å². The van der Waals surface area contributed by atoms with Crippen molar-refractivity contribution in [2.75, 3.05) is 7.11 Å². The summed E-state index contributed by atoms with van der Waals surface area (Å²) in [5.41, 5.74) is 1.04. The Bertz CT molecular complexity index is 306. The highest BCUT2D eigenvalue weighted by atomic mass is 16.5. The maximum Gasteiger partial charge on any atom is 0.305 e. The van der Waals surface area contributed by atoms with E-state index < -0.39 is 0 Å². The molecule has 0 atom stereocenters. The minimum Gasteiger partial charge on any atom is -0.469 e. The number of esters is 1. The normalized spacial score (nSPS) is 10.4. The third-order valence-corrected chi connectivity index (χ3v) is 1.74. The first kappa shape index (κ1) is 10.4. The van der Waals surface area contributed by atoms with Gasteiger partial charge in [-0.15, -0.1) is 0 Å². The largest absolute Gasteiger partial charge is 0.469 e. The summed E-state index contributed by atoms with van der Waals surface area (Å²) >= 11 is 0. The van der Waals surface area contributed by atoms with Crippen LogP contribution in [-0.4, -0.2) is 18.1 Å². The molecule has 0 spiro atoms. The zero-order valence-electron chi connectivity index (χ0n) is 8.14. The Morgan fingerprint density at radius 1 is 1.64 bits per heavy atom. The average Bonchev–Trinajstić information content (AvgIpc) is 2.25. The molecule has 0 unspecified atom stereocenters. The fourth-order valence-corrected chi connectivity index (χ4v) is 0.997. The fourth-order valence-electron chi connectivity index (χ4n) is 0.997. The standard InChI is InChI=1S/C11H13NO2/c1-14-11(13)7-3-2-5-10-6-4-8-12-9-10/h2,4-6,8-9H,3,7H2,1H3. The van der Waals surface area contributed by atoms with Crippen LogP contribution >= 0.6 is 0 Å². The first-order chi connectivity index (χ1) is 6.83. The Labute approximate surface area is 83.4 Å².